The van der Waals surface area contributed by atoms with Crippen LogP contribution in [0.3, 0.4) is 0 Å². The summed E-state index contributed by atoms with van der Waals surface area (Å²) in [6.45, 7) is -0.209. The fourth-order valence-corrected chi connectivity index (χ4v) is 1.05. The highest BCUT2D eigenvalue weighted by atomic mass is 19.1. The van der Waals surface area contributed by atoms with E-state index < -0.39 is 18.6 Å². The van der Waals surface area contributed by atoms with Crippen LogP contribution in [0.4, 0.5) is 4.39 Å². The quantitative estimate of drug-likeness (QED) is 0.645. The number of benzene rings is 1. The number of halogens is 1. The Bertz CT molecular complexity index is 344. The van der Waals surface area contributed by atoms with Crippen LogP contribution in [0.1, 0.15) is 5.56 Å². The van der Waals surface area contributed by atoms with E-state index in [4.69, 9.17) is 10.8 Å². The van der Waals surface area contributed by atoms with Crippen molar-refractivity contribution in [2.24, 2.45) is 5.73 Å². The van der Waals surface area contributed by atoms with Gasteiger partial charge in [-0.15, -0.1) is 0 Å². The Kier molecular flexibility index (Phi) is 4.20. The molecular formula is C10H13FN2O2. The van der Waals surface area contributed by atoms with Crippen LogP contribution in [0.15, 0.2) is 24.3 Å². The molecule has 1 unspecified atom stereocenters. The van der Waals surface area contributed by atoms with E-state index in [0.717, 1.165) is 0 Å². The zero-order valence-electron chi connectivity index (χ0n) is 8.11. The number of aliphatic hydroxyl groups excluding tert-OH is 1. The second kappa shape index (κ2) is 5.43. The highest BCUT2D eigenvalue weighted by Gasteiger charge is 2.10. The van der Waals surface area contributed by atoms with E-state index in [9.17, 15) is 9.18 Å². The number of rotatable bonds is 4. The maximum absolute atomic E-state index is 12.7. The van der Waals surface area contributed by atoms with Crippen LogP contribution in [-0.4, -0.2) is 23.7 Å². The molecule has 0 aliphatic rings. The first-order valence-corrected chi connectivity index (χ1v) is 4.52. The van der Waals surface area contributed by atoms with Crippen molar-refractivity contribution in [3.63, 3.8) is 0 Å². The van der Waals surface area contributed by atoms with Gasteiger partial charge in [0.05, 0.1) is 6.61 Å². The minimum absolute atomic E-state index is 0.199. The van der Waals surface area contributed by atoms with E-state index in [0.29, 0.717) is 5.56 Å². The van der Waals surface area contributed by atoms with Crippen LogP contribution in [0.25, 0.3) is 0 Å². The molecule has 1 aromatic rings. The average Bonchev–Trinajstić information content (AvgIpc) is 2.25. The Morgan fingerprint density at radius 1 is 1.60 bits per heavy atom. The molecule has 5 heteroatoms. The summed E-state index contributed by atoms with van der Waals surface area (Å²) in [7, 11) is 0. The summed E-state index contributed by atoms with van der Waals surface area (Å²) in [5.41, 5.74) is 5.92. The number of hydrogen-bond acceptors (Lipinski definition) is 3. The Hall–Kier alpha value is -1.46. The lowest BCUT2D eigenvalue weighted by atomic mass is 10.2. The van der Waals surface area contributed by atoms with Crippen LogP contribution in [0.2, 0.25) is 0 Å². The predicted octanol–water partition coefficient (Wildman–Crippen LogP) is -0.238. The maximum atomic E-state index is 12.7. The number of aliphatic hydroxyl groups is 1. The third kappa shape index (κ3) is 3.65. The van der Waals surface area contributed by atoms with Crippen LogP contribution in [0.5, 0.6) is 0 Å². The van der Waals surface area contributed by atoms with Crippen molar-refractivity contribution in [1.29, 1.82) is 0 Å². The summed E-state index contributed by atoms with van der Waals surface area (Å²) in [6, 6.07) is 4.96. The van der Waals surface area contributed by atoms with Gasteiger partial charge in [-0.25, -0.2) is 4.39 Å². The second-order valence-corrected chi connectivity index (χ2v) is 3.14. The van der Waals surface area contributed by atoms with E-state index in [1.54, 1.807) is 12.1 Å². The van der Waals surface area contributed by atoms with Gasteiger partial charge in [-0.3, -0.25) is 4.79 Å². The molecule has 0 aliphatic carbocycles. The molecule has 82 valence electrons. The van der Waals surface area contributed by atoms with Gasteiger partial charge in [-0.05, 0) is 17.7 Å². The number of nitrogens with one attached hydrogen (secondary N) is 1. The summed E-state index contributed by atoms with van der Waals surface area (Å²) < 4.78 is 12.7. The van der Waals surface area contributed by atoms with E-state index in [1.807, 2.05) is 0 Å². The number of amides is 1. The number of nitrogens with two attached hydrogens (primary N) is 1. The first-order valence-electron chi connectivity index (χ1n) is 4.52. The fraction of sp³-hybridized carbons (Fsp3) is 0.300. The van der Waals surface area contributed by atoms with Crippen molar-refractivity contribution in [3.05, 3.63) is 35.6 Å². The van der Waals surface area contributed by atoms with Crippen LogP contribution < -0.4 is 11.1 Å². The Morgan fingerprint density at radius 2 is 2.33 bits per heavy atom. The standard InChI is InChI=1S/C10H13FN2O2/c11-8-3-1-2-7(4-8)5-13-10(15)9(12)6-14/h1-4,9,14H,5-6,12H2,(H,13,15). The molecule has 1 amide bonds. The first-order chi connectivity index (χ1) is 7.13. The zero-order chi connectivity index (χ0) is 11.3. The minimum Gasteiger partial charge on any atom is -0.394 e. The molecule has 0 radical (unpaired) electrons. The van der Waals surface area contributed by atoms with Crippen molar-refractivity contribution < 1.29 is 14.3 Å². The Morgan fingerprint density at radius 3 is 2.93 bits per heavy atom. The van der Waals surface area contributed by atoms with Crippen LogP contribution >= 0.6 is 0 Å². The molecule has 1 atom stereocenters. The highest BCUT2D eigenvalue weighted by molar-refractivity contribution is 5.81. The molecule has 15 heavy (non-hydrogen) atoms. The molecule has 0 saturated carbocycles. The number of carbonyl (C=O) groups excluding carboxylic acids is 1. The second-order valence-electron chi connectivity index (χ2n) is 3.14. The lowest BCUT2D eigenvalue weighted by molar-refractivity contribution is -0.123. The van der Waals surface area contributed by atoms with Crippen molar-refractivity contribution in [1.82, 2.24) is 5.32 Å². The molecule has 0 aromatic heterocycles. The third-order valence-electron chi connectivity index (χ3n) is 1.89. The van der Waals surface area contributed by atoms with Gasteiger partial charge in [0.15, 0.2) is 0 Å². The van der Waals surface area contributed by atoms with Gasteiger partial charge in [0.25, 0.3) is 0 Å². The molecule has 4 N–H and O–H groups in total. The normalized spacial score (nSPS) is 12.2. The molecule has 0 fully saturated rings. The Balaban J connectivity index is 2.47. The number of carbonyl (C=O) groups is 1. The summed E-state index contributed by atoms with van der Waals surface area (Å²) in [4.78, 5) is 11.1. The molecule has 0 spiro atoms. The number of hydrogen-bond donors (Lipinski definition) is 3. The third-order valence-corrected chi connectivity index (χ3v) is 1.89. The lowest BCUT2D eigenvalue weighted by Crippen LogP contribution is -2.42. The highest BCUT2D eigenvalue weighted by Crippen LogP contribution is 2.02. The topological polar surface area (TPSA) is 75.3 Å². The van der Waals surface area contributed by atoms with E-state index in [1.165, 1.54) is 12.1 Å². The molecule has 0 aliphatic heterocycles. The molecule has 1 aromatic carbocycles. The molecular weight excluding hydrogens is 199 g/mol. The molecule has 4 nitrogen and oxygen atoms in total. The molecule has 1 rings (SSSR count). The Labute approximate surface area is 86.9 Å². The maximum Gasteiger partial charge on any atom is 0.239 e. The predicted molar refractivity (Wildman–Crippen MR) is 53.3 cm³/mol. The van der Waals surface area contributed by atoms with Crippen molar-refractivity contribution in [3.8, 4) is 0 Å². The summed E-state index contributed by atoms with van der Waals surface area (Å²) in [5.74, 6) is -0.810. The van der Waals surface area contributed by atoms with Gasteiger partial charge < -0.3 is 16.2 Å². The monoisotopic (exact) mass is 212 g/mol. The van der Waals surface area contributed by atoms with E-state index >= 15 is 0 Å². The smallest absolute Gasteiger partial charge is 0.239 e. The van der Waals surface area contributed by atoms with E-state index in [2.05, 4.69) is 5.32 Å². The SMILES string of the molecule is NC(CO)C(=O)NCc1cccc(F)c1. The lowest BCUT2D eigenvalue weighted by Gasteiger charge is -2.09. The van der Waals surface area contributed by atoms with Gasteiger partial charge >= 0.3 is 0 Å². The van der Waals surface area contributed by atoms with Crippen molar-refractivity contribution in [2.45, 2.75) is 12.6 Å². The summed E-state index contributed by atoms with van der Waals surface area (Å²) in [5, 5.41) is 11.1. The zero-order valence-corrected chi connectivity index (χ0v) is 8.11. The fourth-order valence-electron chi connectivity index (χ4n) is 1.05. The molecule has 0 heterocycles. The average molecular weight is 212 g/mol. The largest absolute Gasteiger partial charge is 0.394 e. The van der Waals surface area contributed by atoms with Gasteiger partial charge in [0.2, 0.25) is 5.91 Å². The molecule has 0 saturated heterocycles. The van der Waals surface area contributed by atoms with Gasteiger partial charge in [-0.2, -0.15) is 0 Å². The molecule has 0 bridgehead atoms. The first kappa shape index (κ1) is 11.6. The van der Waals surface area contributed by atoms with Crippen molar-refractivity contribution >= 4 is 5.91 Å². The summed E-state index contributed by atoms with van der Waals surface area (Å²) >= 11 is 0. The van der Waals surface area contributed by atoms with E-state index in [-0.39, 0.29) is 12.4 Å². The minimum atomic E-state index is -0.932. The van der Waals surface area contributed by atoms with Gasteiger partial charge in [0.1, 0.15) is 11.9 Å². The van der Waals surface area contributed by atoms with Crippen LogP contribution in [0, 0.1) is 5.82 Å². The summed E-state index contributed by atoms with van der Waals surface area (Å²) in [6.07, 6.45) is 0. The van der Waals surface area contributed by atoms with Crippen molar-refractivity contribution in [2.75, 3.05) is 6.61 Å². The van der Waals surface area contributed by atoms with Crippen LogP contribution in [-0.2, 0) is 11.3 Å². The van der Waals surface area contributed by atoms with Gasteiger partial charge in [-0.1, -0.05) is 12.1 Å². The van der Waals surface area contributed by atoms with Gasteiger partial charge in [0, 0.05) is 6.54 Å².